The van der Waals surface area contributed by atoms with Crippen LogP contribution in [0.25, 0.3) is 0 Å². The first-order chi connectivity index (χ1) is 10.4. The predicted molar refractivity (Wildman–Crippen MR) is 93.7 cm³/mol. The first-order valence-electron chi connectivity index (χ1n) is 9.57. The van der Waals surface area contributed by atoms with Crippen molar-refractivity contribution < 1.29 is 0 Å². The molecule has 0 radical (unpaired) electrons. The topological polar surface area (TPSA) is 50.1 Å². The summed E-state index contributed by atoms with van der Waals surface area (Å²) in [6, 6.07) is 0.772. The first-order valence-corrected chi connectivity index (χ1v) is 9.57. The molecule has 0 heterocycles. The average Bonchev–Trinajstić information content (AvgIpc) is 2.48. The minimum absolute atomic E-state index is 0.772. The predicted octanol–water partition coefficient (Wildman–Crippen LogP) is 3.58. The van der Waals surface area contributed by atoms with E-state index in [-0.39, 0.29) is 0 Å². The van der Waals surface area contributed by atoms with Crippen LogP contribution in [0.15, 0.2) is 0 Å². The van der Waals surface area contributed by atoms with E-state index in [1.807, 2.05) is 0 Å². The molecule has 0 aliphatic heterocycles. The zero-order valence-electron chi connectivity index (χ0n) is 14.2. The molecule has 1 aliphatic carbocycles. The standard InChI is InChI=1S/C18H39N3/c19-14-10-15-20-16-11-17-21-18-12-8-6-4-2-1-3-5-7-9-13-18/h18,20-21H,1-17,19H2. The molecule has 0 bridgehead atoms. The van der Waals surface area contributed by atoms with Crippen LogP contribution >= 0.6 is 0 Å². The maximum atomic E-state index is 5.49. The van der Waals surface area contributed by atoms with Crippen LogP contribution in [-0.4, -0.2) is 32.2 Å². The molecule has 0 atom stereocenters. The van der Waals surface area contributed by atoms with Gasteiger partial charge in [0.05, 0.1) is 0 Å². The summed E-state index contributed by atoms with van der Waals surface area (Å²) in [5.74, 6) is 0. The lowest BCUT2D eigenvalue weighted by molar-refractivity contribution is 0.400. The molecule has 1 saturated carbocycles. The second kappa shape index (κ2) is 14.8. The van der Waals surface area contributed by atoms with E-state index in [0.29, 0.717) is 0 Å². The Morgan fingerprint density at radius 1 is 0.667 bits per heavy atom. The largest absolute Gasteiger partial charge is 0.330 e. The van der Waals surface area contributed by atoms with Crippen LogP contribution in [0, 0.1) is 0 Å². The van der Waals surface area contributed by atoms with Gasteiger partial charge in [-0.1, -0.05) is 57.8 Å². The average molecular weight is 298 g/mol. The van der Waals surface area contributed by atoms with Crippen LogP contribution in [0.5, 0.6) is 0 Å². The lowest BCUT2D eigenvalue weighted by atomic mass is 9.98. The number of nitrogens with two attached hydrogens (primary N) is 1. The third kappa shape index (κ3) is 12.1. The molecule has 0 amide bonds. The molecule has 0 aromatic carbocycles. The highest BCUT2D eigenvalue weighted by Gasteiger charge is 2.08. The van der Waals surface area contributed by atoms with Gasteiger partial charge in [-0.3, -0.25) is 0 Å². The Bertz CT molecular complexity index is 197. The van der Waals surface area contributed by atoms with Crippen LogP contribution in [0.3, 0.4) is 0 Å². The molecular formula is C18H39N3. The van der Waals surface area contributed by atoms with Gasteiger partial charge in [0.1, 0.15) is 0 Å². The molecular weight excluding hydrogens is 258 g/mol. The van der Waals surface area contributed by atoms with Crippen molar-refractivity contribution in [3.63, 3.8) is 0 Å². The maximum absolute atomic E-state index is 5.49. The lowest BCUT2D eigenvalue weighted by Crippen LogP contribution is -2.32. The van der Waals surface area contributed by atoms with Gasteiger partial charge in [-0.15, -0.1) is 0 Å². The third-order valence-electron chi connectivity index (χ3n) is 4.63. The molecule has 0 spiro atoms. The van der Waals surface area contributed by atoms with Crippen molar-refractivity contribution in [3.05, 3.63) is 0 Å². The van der Waals surface area contributed by atoms with E-state index in [1.54, 1.807) is 0 Å². The normalized spacial score (nSPS) is 19.9. The monoisotopic (exact) mass is 297 g/mol. The summed E-state index contributed by atoms with van der Waals surface area (Å²) in [7, 11) is 0. The molecule has 3 nitrogen and oxygen atoms in total. The molecule has 1 rings (SSSR count). The van der Waals surface area contributed by atoms with Crippen LogP contribution in [-0.2, 0) is 0 Å². The van der Waals surface area contributed by atoms with Gasteiger partial charge in [-0.05, 0) is 51.9 Å². The molecule has 3 heteroatoms. The van der Waals surface area contributed by atoms with Gasteiger partial charge in [0, 0.05) is 6.04 Å². The van der Waals surface area contributed by atoms with Crippen LogP contribution in [0.1, 0.15) is 83.5 Å². The molecule has 4 N–H and O–H groups in total. The van der Waals surface area contributed by atoms with Crippen molar-refractivity contribution in [3.8, 4) is 0 Å². The summed E-state index contributed by atoms with van der Waals surface area (Å²) in [6.45, 7) is 4.16. The molecule has 0 saturated heterocycles. The highest BCUT2D eigenvalue weighted by atomic mass is 14.9. The van der Waals surface area contributed by atoms with E-state index < -0.39 is 0 Å². The fraction of sp³-hybridized carbons (Fsp3) is 1.00. The van der Waals surface area contributed by atoms with Crippen molar-refractivity contribution in [2.45, 2.75) is 89.5 Å². The molecule has 0 aromatic rings. The van der Waals surface area contributed by atoms with Crippen molar-refractivity contribution in [2.24, 2.45) is 5.73 Å². The van der Waals surface area contributed by atoms with Crippen molar-refractivity contribution in [1.82, 2.24) is 10.6 Å². The van der Waals surface area contributed by atoms with E-state index in [9.17, 15) is 0 Å². The molecule has 1 aliphatic rings. The van der Waals surface area contributed by atoms with Gasteiger partial charge in [0.15, 0.2) is 0 Å². The fourth-order valence-corrected chi connectivity index (χ4v) is 3.24. The van der Waals surface area contributed by atoms with Crippen LogP contribution in [0.2, 0.25) is 0 Å². The lowest BCUT2D eigenvalue weighted by Gasteiger charge is -2.19. The maximum Gasteiger partial charge on any atom is 0.00670 e. The fourth-order valence-electron chi connectivity index (χ4n) is 3.24. The molecule has 1 fully saturated rings. The van der Waals surface area contributed by atoms with Gasteiger partial charge in [0.2, 0.25) is 0 Å². The SMILES string of the molecule is NCCCNCCCNC1CCCCCCCCCCC1. The Hall–Kier alpha value is -0.120. The van der Waals surface area contributed by atoms with Crippen molar-refractivity contribution in [1.29, 1.82) is 0 Å². The van der Waals surface area contributed by atoms with Crippen LogP contribution < -0.4 is 16.4 Å². The van der Waals surface area contributed by atoms with E-state index in [0.717, 1.165) is 32.1 Å². The minimum Gasteiger partial charge on any atom is -0.330 e. The van der Waals surface area contributed by atoms with E-state index in [1.165, 1.54) is 83.6 Å². The Morgan fingerprint density at radius 2 is 1.19 bits per heavy atom. The Balaban J connectivity index is 2.05. The summed E-state index contributed by atoms with van der Waals surface area (Å²) in [5, 5.41) is 7.26. The van der Waals surface area contributed by atoms with Gasteiger partial charge < -0.3 is 16.4 Å². The Labute approximate surface area is 132 Å². The van der Waals surface area contributed by atoms with Gasteiger partial charge in [-0.2, -0.15) is 0 Å². The highest BCUT2D eigenvalue weighted by Crippen LogP contribution is 2.16. The summed E-state index contributed by atoms with van der Waals surface area (Å²) >= 11 is 0. The van der Waals surface area contributed by atoms with Gasteiger partial charge in [-0.25, -0.2) is 0 Å². The number of rotatable bonds is 8. The number of hydrogen-bond acceptors (Lipinski definition) is 3. The summed E-state index contributed by atoms with van der Waals surface area (Å²) in [4.78, 5) is 0. The zero-order valence-corrected chi connectivity index (χ0v) is 14.2. The van der Waals surface area contributed by atoms with E-state index in [4.69, 9.17) is 5.73 Å². The van der Waals surface area contributed by atoms with Crippen molar-refractivity contribution in [2.75, 3.05) is 26.2 Å². The second-order valence-electron chi connectivity index (χ2n) is 6.66. The molecule has 0 unspecified atom stereocenters. The van der Waals surface area contributed by atoms with Gasteiger partial charge >= 0.3 is 0 Å². The summed E-state index contributed by atoms with van der Waals surface area (Å²) in [5.41, 5.74) is 5.49. The third-order valence-corrected chi connectivity index (χ3v) is 4.63. The van der Waals surface area contributed by atoms with E-state index >= 15 is 0 Å². The first kappa shape index (κ1) is 18.9. The highest BCUT2D eigenvalue weighted by molar-refractivity contribution is 4.68. The zero-order chi connectivity index (χ0) is 15.0. The van der Waals surface area contributed by atoms with Gasteiger partial charge in [0.25, 0.3) is 0 Å². The molecule has 21 heavy (non-hydrogen) atoms. The van der Waals surface area contributed by atoms with Crippen molar-refractivity contribution >= 4 is 0 Å². The van der Waals surface area contributed by atoms with Crippen LogP contribution in [0.4, 0.5) is 0 Å². The molecule has 0 aromatic heterocycles. The van der Waals surface area contributed by atoms with E-state index in [2.05, 4.69) is 10.6 Å². The Morgan fingerprint density at radius 3 is 1.76 bits per heavy atom. The summed E-state index contributed by atoms with van der Waals surface area (Å²) < 4.78 is 0. The second-order valence-corrected chi connectivity index (χ2v) is 6.66. The molecule has 126 valence electrons. The smallest absolute Gasteiger partial charge is 0.00670 e. The summed E-state index contributed by atoms with van der Waals surface area (Å²) in [6.07, 6.45) is 18.2. The quantitative estimate of drug-likeness (QED) is 0.600. The Kier molecular flexibility index (Phi) is 13.3. The minimum atomic E-state index is 0.772. The number of nitrogens with one attached hydrogen (secondary N) is 2. The number of hydrogen-bond donors (Lipinski definition) is 3.